The fourth-order valence-corrected chi connectivity index (χ4v) is 3.54. The Morgan fingerprint density at radius 2 is 1.93 bits per heavy atom. The molecule has 4 nitrogen and oxygen atoms in total. The number of amides is 2. The van der Waals surface area contributed by atoms with Gasteiger partial charge in [-0.2, -0.15) is 0 Å². The van der Waals surface area contributed by atoms with Gasteiger partial charge in [0.2, 0.25) is 0 Å². The number of rotatable bonds is 4. The topological polar surface area (TPSA) is 52.6 Å². The van der Waals surface area contributed by atoms with Crippen LogP contribution >= 0.6 is 0 Å². The van der Waals surface area contributed by atoms with Crippen LogP contribution in [0, 0.1) is 11.6 Å². The Morgan fingerprint density at radius 1 is 1.15 bits per heavy atom. The van der Waals surface area contributed by atoms with Gasteiger partial charge in [0.15, 0.2) is 0 Å². The predicted octanol–water partition coefficient (Wildman–Crippen LogP) is 4.87. The third-order valence-corrected chi connectivity index (χ3v) is 4.99. The number of halogens is 2. The number of carbonyl (C=O) groups excluding carboxylic acids is 1. The van der Waals surface area contributed by atoms with Crippen LogP contribution in [-0.4, -0.2) is 28.6 Å². The Labute approximate surface area is 157 Å². The normalized spacial score (nSPS) is 18.6. The van der Waals surface area contributed by atoms with E-state index in [9.17, 15) is 18.7 Å². The van der Waals surface area contributed by atoms with Gasteiger partial charge < -0.3 is 15.3 Å². The van der Waals surface area contributed by atoms with E-state index in [-0.39, 0.29) is 11.7 Å². The van der Waals surface area contributed by atoms with E-state index in [0.29, 0.717) is 13.0 Å². The minimum Gasteiger partial charge on any atom is -0.388 e. The first-order valence-corrected chi connectivity index (χ1v) is 9.30. The molecule has 1 aliphatic heterocycles. The number of hydrogen-bond donors (Lipinski definition) is 2. The van der Waals surface area contributed by atoms with E-state index in [0.717, 1.165) is 49.4 Å². The highest BCUT2D eigenvalue weighted by Gasteiger charge is 2.28. The molecule has 1 aliphatic rings. The monoisotopic (exact) mass is 374 g/mol. The second kappa shape index (κ2) is 8.95. The van der Waals surface area contributed by atoms with Crippen LogP contribution in [0.4, 0.5) is 19.3 Å². The highest BCUT2D eigenvalue weighted by atomic mass is 19.1. The molecule has 1 fully saturated rings. The fraction of sp³-hybridized carbons (Fsp3) is 0.381. The Bertz CT molecular complexity index is 770. The molecule has 2 aromatic rings. The van der Waals surface area contributed by atoms with Gasteiger partial charge in [0, 0.05) is 18.7 Å². The number of urea groups is 1. The van der Waals surface area contributed by atoms with E-state index >= 15 is 0 Å². The van der Waals surface area contributed by atoms with Crippen LogP contribution < -0.4 is 5.32 Å². The molecule has 2 amide bonds. The number of aliphatic hydroxyl groups is 1. The number of aliphatic hydroxyl groups excluding tert-OH is 1. The zero-order chi connectivity index (χ0) is 19.2. The van der Waals surface area contributed by atoms with Crippen LogP contribution in [-0.2, 0) is 0 Å². The Hall–Kier alpha value is -2.47. The molecule has 0 bridgehead atoms. The lowest BCUT2D eigenvalue weighted by molar-refractivity contribution is 0.116. The number of carbonyl (C=O) groups is 1. The maximum Gasteiger partial charge on any atom is 0.322 e. The van der Waals surface area contributed by atoms with Gasteiger partial charge in [-0.3, -0.25) is 0 Å². The summed E-state index contributed by atoms with van der Waals surface area (Å²) in [7, 11) is 0. The predicted molar refractivity (Wildman–Crippen MR) is 100 cm³/mol. The standard InChI is InChI=1S/C21H24F2N2O2/c22-16-10-11-18(23)19(13-16)24-21(27)25-12-6-2-5-9-17(25)14-20(26)15-7-3-1-4-8-15/h1,3-4,7-8,10-11,13,17,20,26H,2,5-6,9,12,14H2,(H,24,27)/t17-,20+/m1/s1. The fourth-order valence-electron chi connectivity index (χ4n) is 3.54. The summed E-state index contributed by atoms with van der Waals surface area (Å²) in [5.74, 6) is -1.29. The van der Waals surface area contributed by atoms with Crippen LogP contribution in [0.15, 0.2) is 48.5 Å². The van der Waals surface area contributed by atoms with Crippen LogP contribution in [0.5, 0.6) is 0 Å². The Morgan fingerprint density at radius 3 is 2.70 bits per heavy atom. The van der Waals surface area contributed by atoms with E-state index in [1.54, 1.807) is 4.90 Å². The smallest absolute Gasteiger partial charge is 0.322 e. The average molecular weight is 374 g/mol. The van der Waals surface area contributed by atoms with Crippen LogP contribution in [0.25, 0.3) is 0 Å². The second-order valence-corrected chi connectivity index (χ2v) is 6.91. The molecule has 0 unspecified atom stereocenters. The van der Waals surface area contributed by atoms with Gasteiger partial charge in [0.25, 0.3) is 0 Å². The Balaban J connectivity index is 1.73. The van der Waals surface area contributed by atoms with Crippen molar-refractivity contribution in [1.82, 2.24) is 4.90 Å². The number of nitrogens with one attached hydrogen (secondary N) is 1. The lowest BCUT2D eigenvalue weighted by Crippen LogP contribution is -2.43. The van der Waals surface area contributed by atoms with Crippen molar-refractivity contribution in [3.8, 4) is 0 Å². The van der Waals surface area contributed by atoms with Crippen molar-refractivity contribution in [2.45, 2.75) is 44.2 Å². The lowest BCUT2D eigenvalue weighted by atomic mass is 9.98. The first kappa shape index (κ1) is 19.3. The number of hydrogen-bond acceptors (Lipinski definition) is 2. The number of anilines is 1. The van der Waals surface area contributed by atoms with E-state index in [2.05, 4.69) is 5.32 Å². The maximum absolute atomic E-state index is 13.9. The summed E-state index contributed by atoms with van der Waals surface area (Å²) in [4.78, 5) is 14.4. The lowest BCUT2D eigenvalue weighted by Gasteiger charge is -2.31. The quantitative estimate of drug-likeness (QED) is 0.803. The van der Waals surface area contributed by atoms with Crippen molar-refractivity contribution in [2.75, 3.05) is 11.9 Å². The first-order chi connectivity index (χ1) is 13.0. The van der Waals surface area contributed by atoms with Crippen molar-refractivity contribution in [1.29, 1.82) is 0 Å². The van der Waals surface area contributed by atoms with E-state index in [4.69, 9.17) is 0 Å². The largest absolute Gasteiger partial charge is 0.388 e. The number of benzene rings is 2. The summed E-state index contributed by atoms with van der Waals surface area (Å²) in [6.45, 7) is 0.523. The first-order valence-electron chi connectivity index (χ1n) is 9.30. The zero-order valence-corrected chi connectivity index (χ0v) is 15.1. The van der Waals surface area contributed by atoms with Crippen molar-refractivity contribution in [3.63, 3.8) is 0 Å². The van der Waals surface area contributed by atoms with Crippen LogP contribution in [0.1, 0.15) is 43.8 Å². The van der Waals surface area contributed by atoms with Gasteiger partial charge in [-0.05, 0) is 37.0 Å². The van der Waals surface area contributed by atoms with Crippen LogP contribution in [0.3, 0.4) is 0 Å². The SMILES string of the molecule is O=C(Nc1cc(F)ccc1F)N1CCCCC[C@@H]1C[C@H](O)c1ccccc1. The molecule has 0 aliphatic carbocycles. The van der Waals surface area contributed by atoms with E-state index in [1.807, 2.05) is 30.3 Å². The molecule has 6 heteroatoms. The molecule has 27 heavy (non-hydrogen) atoms. The molecule has 1 saturated heterocycles. The molecule has 0 spiro atoms. The maximum atomic E-state index is 13.9. The summed E-state index contributed by atoms with van der Waals surface area (Å²) in [6.07, 6.45) is 3.29. The number of likely N-dealkylation sites (tertiary alicyclic amines) is 1. The molecule has 2 aromatic carbocycles. The molecule has 1 heterocycles. The average Bonchev–Trinajstić information content (AvgIpc) is 2.91. The van der Waals surface area contributed by atoms with E-state index < -0.39 is 23.8 Å². The Kier molecular flexibility index (Phi) is 6.40. The molecular formula is C21H24F2N2O2. The van der Waals surface area contributed by atoms with Gasteiger partial charge >= 0.3 is 6.03 Å². The third kappa shape index (κ3) is 5.04. The van der Waals surface area contributed by atoms with Gasteiger partial charge in [-0.1, -0.05) is 43.2 Å². The van der Waals surface area contributed by atoms with Crippen molar-refractivity contribution in [2.24, 2.45) is 0 Å². The van der Waals surface area contributed by atoms with Crippen LogP contribution in [0.2, 0.25) is 0 Å². The summed E-state index contributed by atoms with van der Waals surface area (Å²) in [6, 6.07) is 11.7. The minimum atomic E-state index is -0.685. The van der Waals surface area contributed by atoms with E-state index in [1.165, 1.54) is 0 Å². The van der Waals surface area contributed by atoms with Crippen molar-refractivity contribution >= 4 is 11.7 Å². The summed E-state index contributed by atoms with van der Waals surface area (Å²) in [5.41, 5.74) is 0.630. The molecule has 144 valence electrons. The van der Waals surface area contributed by atoms with Crippen molar-refractivity contribution in [3.05, 3.63) is 65.7 Å². The second-order valence-electron chi connectivity index (χ2n) is 6.91. The molecule has 3 rings (SSSR count). The van der Waals surface area contributed by atoms with Gasteiger partial charge in [0.05, 0.1) is 11.8 Å². The molecule has 0 saturated carbocycles. The molecule has 0 aromatic heterocycles. The highest BCUT2D eigenvalue weighted by molar-refractivity contribution is 5.89. The molecular weight excluding hydrogens is 350 g/mol. The highest BCUT2D eigenvalue weighted by Crippen LogP contribution is 2.27. The molecule has 2 N–H and O–H groups in total. The summed E-state index contributed by atoms with van der Waals surface area (Å²) < 4.78 is 27.2. The van der Waals surface area contributed by atoms with Gasteiger partial charge in [-0.15, -0.1) is 0 Å². The zero-order valence-electron chi connectivity index (χ0n) is 15.1. The van der Waals surface area contributed by atoms with Crippen molar-refractivity contribution < 1.29 is 18.7 Å². The molecule has 0 radical (unpaired) electrons. The molecule has 2 atom stereocenters. The summed E-state index contributed by atoms with van der Waals surface area (Å²) >= 11 is 0. The third-order valence-electron chi connectivity index (χ3n) is 4.99. The minimum absolute atomic E-state index is 0.167. The number of nitrogens with zero attached hydrogens (tertiary/aromatic N) is 1. The van der Waals surface area contributed by atoms with Gasteiger partial charge in [0.1, 0.15) is 11.6 Å². The summed E-state index contributed by atoms with van der Waals surface area (Å²) in [5, 5.41) is 13.0. The van der Waals surface area contributed by atoms with Gasteiger partial charge in [-0.25, -0.2) is 13.6 Å².